The van der Waals surface area contributed by atoms with Crippen molar-refractivity contribution >= 4 is 23.5 Å². The van der Waals surface area contributed by atoms with Gasteiger partial charge in [0.15, 0.2) is 11.6 Å². The summed E-state index contributed by atoms with van der Waals surface area (Å²) in [7, 11) is 0. The smallest absolute Gasteiger partial charge is 0.160 e. The van der Waals surface area contributed by atoms with Crippen molar-refractivity contribution in [1.29, 1.82) is 0 Å². The lowest BCUT2D eigenvalue weighted by molar-refractivity contribution is -0.256. The van der Waals surface area contributed by atoms with Gasteiger partial charge in [-0.2, -0.15) is 0 Å². The Morgan fingerprint density at radius 3 is 1.17 bits per heavy atom. The Morgan fingerprint density at radius 2 is 1.00 bits per heavy atom. The van der Waals surface area contributed by atoms with E-state index < -0.39 is 34.6 Å². The van der Waals surface area contributed by atoms with Gasteiger partial charge in [-0.15, -0.1) is 0 Å². The van der Waals surface area contributed by atoms with Crippen molar-refractivity contribution in [1.82, 2.24) is 0 Å². The third-order valence-electron chi connectivity index (χ3n) is 2.36. The molecule has 6 nitrogen and oxygen atoms in total. The van der Waals surface area contributed by atoms with Crippen LogP contribution in [0.15, 0.2) is 12.1 Å². The molecule has 0 unspecified atom stereocenters. The Hall–Kier alpha value is -2.50. The molecule has 94 valence electrons. The first-order chi connectivity index (χ1) is 8.25. The van der Waals surface area contributed by atoms with Crippen LogP contribution in [-0.2, 0) is 0 Å². The second kappa shape index (κ2) is 4.79. The van der Waals surface area contributed by atoms with Gasteiger partial charge in [0, 0.05) is 22.3 Å². The van der Waals surface area contributed by atoms with Crippen LogP contribution in [0.5, 0.6) is 0 Å². The summed E-state index contributed by atoms with van der Waals surface area (Å²) >= 11 is 0. The lowest BCUT2D eigenvalue weighted by Crippen LogP contribution is -2.29. The van der Waals surface area contributed by atoms with Crippen LogP contribution in [0.2, 0.25) is 0 Å². The average molecular weight is 248 g/mol. The fraction of sp³-hybridized carbons (Fsp3) is 0.167. The summed E-state index contributed by atoms with van der Waals surface area (Å²) < 4.78 is 0. The number of ketones is 2. The van der Waals surface area contributed by atoms with Gasteiger partial charge >= 0.3 is 0 Å². The molecule has 0 atom stereocenters. The molecule has 0 heterocycles. The molecule has 0 saturated carbocycles. The first-order valence-electron chi connectivity index (χ1n) is 4.88. The van der Waals surface area contributed by atoms with Crippen molar-refractivity contribution in [2.24, 2.45) is 0 Å². The molecule has 1 aromatic carbocycles. The summed E-state index contributed by atoms with van der Waals surface area (Å²) in [5, 5.41) is 21.7. The van der Waals surface area contributed by atoms with Gasteiger partial charge in [0.05, 0.1) is 11.9 Å². The number of carboxylic acids is 2. The van der Waals surface area contributed by atoms with Crippen molar-refractivity contribution in [3.05, 3.63) is 34.4 Å². The number of carbonyl (C=O) groups excluding carboxylic acids is 4. The lowest BCUT2D eigenvalue weighted by atomic mass is 9.94. The summed E-state index contributed by atoms with van der Waals surface area (Å²) in [6.45, 7) is 2.16. The minimum atomic E-state index is -1.66. The minimum Gasteiger partial charge on any atom is -0.545 e. The molecular weight excluding hydrogens is 240 g/mol. The summed E-state index contributed by atoms with van der Waals surface area (Å²) in [5.74, 6) is -4.61. The van der Waals surface area contributed by atoms with E-state index in [1.54, 1.807) is 0 Å². The highest BCUT2D eigenvalue weighted by atomic mass is 16.4. The van der Waals surface area contributed by atoms with E-state index >= 15 is 0 Å². The Labute approximate surface area is 102 Å². The molecule has 0 radical (unpaired) electrons. The zero-order valence-electron chi connectivity index (χ0n) is 9.60. The minimum absolute atomic E-state index is 0.334. The third kappa shape index (κ3) is 2.42. The van der Waals surface area contributed by atoms with Crippen LogP contribution in [0.1, 0.15) is 55.3 Å². The van der Waals surface area contributed by atoms with Crippen LogP contribution in [0.3, 0.4) is 0 Å². The first-order valence-corrected chi connectivity index (χ1v) is 4.88. The van der Waals surface area contributed by atoms with Gasteiger partial charge < -0.3 is 19.8 Å². The predicted octanol–water partition coefficient (Wildman–Crippen LogP) is -1.18. The standard InChI is InChI=1S/C12H10O6/c1-5(13)7-3-10(12(17)18)8(6(2)14)4-9(7)11(15)16/h3-4H,1-2H3,(H,15,16)(H,17,18)/p-2. The van der Waals surface area contributed by atoms with Gasteiger partial charge in [-0.1, -0.05) is 0 Å². The van der Waals surface area contributed by atoms with Gasteiger partial charge in [0.1, 0.15) is 0 Å². The van der Waals surface area contributed by atoms with E-state index in [1.165, 1.54) is 0 Å². The maximum Gasteiger partial charge on any atom is 0.160 e. The van der Waals surface area contributed by atoms with Crippen LogP contribution in [0.25, 0.3) is 0 Å². The van der Waals surface area contributed by atoms with Crippen molar-refractivity contribution < 1.29 is 29.4 Å². The number of hydrogen-bond donors (Lipinski definition) is 0. The quantitative estimate of drug-likeness (QED) is 0.619. The summed E-state index contributed by atoms with van der Waals surface area (Å²) in [6, 6.07) is 1.64. The van der Waals surface area contributed by atoms with E-state index in [2.05, 4.69) is 0 Å². The van der Waals surface area contributed by atoms with Gasteiger partial charge in [-0.25, -0.2) is 0 Å². The normalized spacial score (nSPS) is 9.89. The number of benzene rings is 1. The van der Waals surface area contributed by atoms with E-state index in [0.29, 0.717) is 0 Å². The highest BCUT2D eigenvalue weighted by Crippen LogP contribution is 2.18. The number of rotatable bonds is 4. The predicted molar refractivity (Wildman–Crippen MR) is 55.1 cm³/mol. The van der Waals surface area contributed by atoms with E-state index in [-0.39, 0.29) is 11.1 Å². The maximum atomic E-state index is 11.2. The Balaban J connectivity index is 3.71. The fourth-order valence-electron chi connectivity index (χ4n) is 1.52. The number of carboxylic acid groups (broad SMARTS) is 2. The molecule has 6 heteroatoms. The molecular formula is C12H8O6-2. The topological polar surface area (TPSA) is 114 Å². The maximum absolute atomic E-state index is 11.2. The molecule has 0 bridgehead atoms. The zero-order valence-corrected chi connectivity index (χ0v) is 9.60. The van der Waals surface area contributed by atoms with E-state index in [9.17, 15) is 29.4 Å². The fourth-order valence-corrected chi connectivity index (χ4v) is 1.52. The molecule has 1 aromatic rings. The average Bonchev–Trinajstić information content (AvgIpc) is 2.26. The van der Waals surface area contributed by atoms with Crippen molar-refractivity contribution in [3.8, 4) is 0 Å². The number of Topliss-reactive ketones (excluding diaryl/α,β-unsaturated/α-hetero) is 2. The number of aromatic carboxylic acids is 2. The Morgan fingerprint density at radius 1 is 0.722 bits per heavy atom. The Bertz CT molecular complexity index is 472. The monoisotopic (exact) mass is 248 g/mol. The third-order valence-corrected chi connectivity index (χ3v) is 2.36. The molecule has 0 aliphatic heterocycles. The SMILES string of the molecule is CC(=O)c1cc(C(=O)[O-])c(C(C)=O)cc1C(=O)[O-]. The highest BCUT2D eigenvalue weighted by molar-refractivity contribution is 6.11. The lowest BCUT2D eigenvalue weighted by Gasteiger charge is -2.14. The molecule has 18 heavy (non-hydrogen) atoms. The largest absolute Gasteiger partial charge is 0.545 e. The van der Waals surface area contributed by atoms with Crippen LogP contribution < -0.4 is 10.2 Å². The Kier molecular flexibility index (Phi) is 3.61. The second-order valence-electron chi connectivity index (χ2n) is 3.63. The van der Waals surface area contributed by atoms with Crippen molar-refractivity contribution in [2.45, 2.75) is 13.8 Å². The molecule has 0 fully saturated rings. The molecule has 0 saturated heterocycles. The van der Waals surface area contributed by atoms with Crippen molar-refractivity contribution in [3.63, 3.8) is 0 Å². The summed E-state index contributed by atoms with van der Waals surface area (Å²) in [4.78, 5) is 44.2. The number of hydrogen-bond acceptors (Lipinski definition) is 6. The van der Waals surface area contributed by atoms with E-state index in [1.807, 2.05) is 0 Å². The molecule has 0 aromatic heterocycles. The van der Waals surface area contributed by atoms with Gasteiger partial charge in [-0.05, 0) is 26.0 Å². The molecule has 0 amide bonds. The summed E-state index contributed by atoms with van der Waals surface area (Å²) in [5.41, 5.74) is -1.70. The molecule has 0 N–H and O–H groups in total. The molecule has 0 spiro atoms. The van der Waals surface area contributed by atoms with Crippen LogP contribution >= 0.6 is 0 Å². The van der Waals surface area contributed by atoms with E-state index in [0.717, 1.165) is 26.0 Å². The molecule has 0 aliphatic rings. The number of carbonyl (C=O) groups is 4. The van der Waals surface area contributed by atoms with E-state index in [4.69, 9.17) is 0 Å². The van der Waals surface area contributed by atoms with Crippen LogP contribution in [0.4, 0.5) is 0 Å². The van der Waals surface area contributed by atoms with Crippen LogP contribution in [-0.4, -0.2) is 23.5 Å². The van der Waals surface area contributed by atoms with Gasteiger partial charge in [0.25, 0.3) is 0 Å². The van der Waals surface area contributed by atoms with Gasteiger partial charge in [0.2, 0.25) is 0 Å². The zero-order chi connectivity index (χ0) is 14.0. The first kappa shape index (κ1) is 13.6. The molecule has 0 aliphatic carbocycles. The summed E-state index contributed by atoms with van der Waals surface area (Å²) in [6.07, 6.45) is 0. The van der Waals surface area contributed by atoms with Gasteiger partial charge in [-0.3, -0.25) is 9.59 Å². The highest BCUT2D eigenvalue weighted by Gasteiger charge is 2.16. The second-order valence-corrected chi connectivity index (χ2v) is 3.63. The van der Waals surface area contributed by atoms with Crippen LogP contribution in [0, 0.1) is 0 Å². The molecule has 1 rings (SSSR count). The van der Waals surface area contributed by atoms with Crippen molar-refractivity contribution in [2.75, 3.05) is 0 Å².